The molecular formula is C16H15N3O3. The number of nitrogens with zero attached hydrogens (tertiary/aromatic N) is 1. The fraction of sp³-hybridized carbons (Fsp3) is 0.188. The minimum Gasteiger partial charge on any atom is -0.505 e. The molecule has 0 saturated carbocycles. The van der Waals surface area contributed by atoms with Crippen LogP contribution in [-0.2, 0) is 4.79 Å². The Bertz CT molecular complexity index is 730. The summed E-state index contributed by atoms with van der Waals surface area (Å²) in [5, 5.41) is 15.2. The zero-order chi connectivity index (χ0) is 15.5. The molecule has 6 nitrogen and oxygen atoms in total. The first-order valence-electron chi connectivity index (χ1n) is 6.96. The average molecular weight is 297 g/mol. The van der Waals surface area contributed by atoms with Crippen molar-refractivity contribution in [2.75, 3.05) is 11.9 Å². The lowest BCUT2D eigenvalue weighted by Gasteiger charge is -2.25. The molecule has 6 heteroatoms. The van der Waals surface area contributed by atoms with Gasteiger partial charge in [-0.1, -0.05) is 18.2 Å². The van der Waals surface area contributed by atoms with Crippen LogP contribution >= 0.6 is 0 Å². The van der Waals surface area contributed by atoms with Gasteiger partial charge in [-0.25, -0.2) is 4.98 Å². The number of benzene rings is 1. The molecule has 3 N–H and O–H groups in total. The molecule has 2 heterocycles. The first kappa shape index (κ1) is 14.1. The molecule has 0 radical (unpaired) electrons. The van der Waals surface area contributed by atoms with Crippen molar-refractivity contribution in [3.63, 3.8) is 0 Å². The summed E-state index contributed by atoms with van der Waals surface area (Å²) in [6.45, 7) is 0.305. The van der Waals surface area contributed by atoms with E-state index in [1.807, 2.05) is 24.3 Å². The summed E-state index contributed by atoms with van der Waals surface area (Å²) < 4.78 is 0. The van der Waals surface area contributed by atoms with Crippen molar-refractivity contribution >= 4 is 17.5 Å². The van der Waals surface area contributed by atoms with Crippen LogP contribution in [0.2, 0.25) is 0 Å². The Morgan fingerprint density at radius 2 is 2.14 bits per heavy atom. The highest BCUT2D eigenvalue weighted by molar-refractivity contribution is 5.96. The molecule has 22 heavy (non-hydrogen) atoms. The summed E-state index contributed by atoms with van der Waals surface area (Å²) in [6.07, 6.45) is 1.75. The molecule has 0 spiro atoms. The molecule has 1 aromatic heterocycles. The molecule has 112 valence electrons. The molecule has 2 aromatic rings. The minimum absolute atomic E-state index is 0.0175. The van der Waals surface area contributed by atoms with E-state index < -0.39 is 5.91 Å². The number of hydrogen-bond acceptors (Lipinski definition) is 4. The van der Waals surface area contributed by atoms with Crippen LogP contribution in [0.15, 0.2) is 42.6 Å². The van der Waals surface area contributed by atoms with Crippen LogP contribution in [-0.4, -0.2) is 28.4 Å². The Morgan fingerprint density at radius 3 is 2.95 bits per heavy atom. The maximum atomic E-state index is 12.1. The first-order chi connectivity index (χ1) is 10.6. The number of carbonyl (C=O) groups is 2. The van der Waals surface area contributed by atoms with Crippen LogP contribution in [0.1, 0.15) is 28.4 Å². The molecule has 0 saturated heterocycles. The standard InChI is InChI=1S/C16H15N3O3/c20-13-6-3-7-17-15(13)16(22)18-9-10-8-14(21)19-12-5-2-1-4-11(10)12/h1-7,10,20H,8-9H2,(H,18,22)(H,19,21). The fourth-order valence-corrected chi connectivity index (χ4v) is 2.56. The van der Waals surface area contributed by atoms with Gasteiger partial charge < -0.3 is 15.7 Å². The van der Waals surface area contributed by atoms with Gasteiger partial charge in [0.25, 0.3) is 5.91 Å². The van der Waals surface area contributed by atoms with Gasteiger partial charge in [-0.3, -0.25) is 9.59 Å². The van der Waals surface area contributed by atoms with Crippen molar-refractivity contribution in [1.82, 2.24) is 10.3 Å². The van der Waals surface area contributed by atoms with E-state index in [0.717, 1.165) is 11.3 Å². The van der Waals surface area contributed by atoms with Crippen molar-refractivity contribution in [3.8, 4) is 5.75 Å². The van der Waals surface area contributed by atoms with Crippen LogP contribution < -0.4 is 10.6 Å². The van der Waals surface area contributed by atoms with Crippen molar-refractivity contribution in [3.05, 3.63) is 53.9 Å². The third-order valence-corrected chi connectivity index (χ3v) is 3.62. The number of hydrogen-bond donors (Lipinski definition) is 3. The minimum atomic E-state index is -0.457. The van der Waals surface area contributed by atoms with Crippen LogP contribution in [0.4, 0.5) is 5.69 Å². The van der Waals surface area contributed by atoms with Gasteiger partial charge in [0, 0.05) is 30.8 Å². The monoisotopic (exact) mass is 297 g/mol. The smallest absolute Gasteiger partial charge is 0.273 e. The molecule has 0 aliphatic carbocycles. The molecule has 0 bridgehead atoms. The molecule has 2 amide bonds. The Labute approximate surface area is 127 Å². The lowest BCUT2D eigenvalue weighted by Crippen LogP contribution is -2.33. The number of anilines is 1. The second kappa shape index (κ2) is 5.85. The summed E-state index contributed by atoms with van der Waals surface area (Å²) >= 11 is 0. The second-order valence-corrected chi connectivity index (χ2v) is 5.12. The predicted molar refractivity (Wildman–Crippen MR) is 80.7 cm³/mol. The second-order valence-electron chi connectivity index (χ2n) is 5.12. The van der Waals surface area contributed by atoms with E-state index in [1.54, 1.807) is 6.07 Å². The number of nitrogens with one attached hydrogen (secondary N) is 2. The Morgan fingerprint density at radius 1 is 1.32 bits per heavy atom. The Balaban J connectivity index is 1.73. The topological polar surface area (TPSA) is 91.3 Å². The van der Waals surface area contributed by atoms with Crippen LogP contribution in [0.5, 0.6) is 5.75 Å². The molecule has 1 aliphatic heterocycles. The lowest BCUT2D eigenvalue weighted by molar-refractivity contribution is -0.116. The van der Waals surface area contributed by atoms with E-state index in [1.165, 1.54) is 12.3 Å². The number of amides is 2. The summed E-state index contributed by atoms with van der Waals surface area (Å²) in [5.74, 6) is -0.790. The largest absolute Gasteiger partial charge is 0.505 e. The summed E-state index contributed by atoms with van der Waals surface area (Å²) in [5.41, 5.74) is 1.75. The normalized spacial score (nSPS) is 16.5. The summed E-state index contributed by atoms with van der Waals surface area (Å²) in [6, 6.07) is 10.5. The lowest BCUT2D eigenvalue weighted by atomic mass is 9.90. The summed E-state index contributed by atoms with van der Waals surface area (Å²) in [4.78, 5) is 27.7. The van der Waals surface area contributed by atoms with Gasteiger partial charge >= 0.3 is 0 Å². The average Bonchev–Trinajstić information content (AvgIpc) is 2.52. The van der Waals surface area contributed by atoms with E-state index in [2.05, 4.69) is 15.6 Å². The third kappa shape index (κ3) is 2.76. The molecule has 1 aliphatic rings. The van der Waals surface area contributed by atoms with Gasteiger partial charge in [-0.2, -0.15) is 0 Å². The number of pyridine rings is 1. The molecule has 1 unspecified atom stereocenters. The quantitative estimate of drug-likeness (QED) is 0.803. The first-order valence-corrected chi connectivity index (χ1v) is 6.96. The van der Waals surface area contributed by atoms with Gasteiger partial charge in [0.05, 0.1) is 0 Å². The van der Waals surface area contributed by atoms with Crippen molar-refractivity contribution in [1.29, 1.82) is 0 Å². The molecule has 3 rings (SSSR count). The predicted octanol–water partition coefficient (Wildman–Crippen LogP) is 1.64. The Hall–Kier alpha value is -2.89. The zero-order valence-electron chi connectivity index (χ0n) is 11.7. The van der Waals surface area contributed by atoms with E-state index >= 15 is 0 Å². The number of aromatic nitrogens is 1. The van der Waals surface area contributed by atoms with Gasteiger partial charge in [0.15, 0.2) is 5.69 Å². The van der Waals surface area contributed by atoms with Crippen molar-refractivity contribution in [2.24, 2.45) is 0 Å². The van der Waals surface area contributed by atoms with Gasteiger partial charge in [0.2, 0.25) is 5.91 Å². The van der Waals surface area contributed by atoms with E-state index in [4.69, 9.17) is 0 Å². The Kier molecular flexibility index (Phi) is 3.74. The van der Waals surface area contributed by atoms with Crippen LogP contribution in [0.25, 0.3) is 0 Å². The molecular weight excluding hydrogens is 282 g/mol. The fourth-order valence-electron chi connectivity index (χ4n) is 2.56. The zero-order valence-corrected chi connectivity index (χ0v) is 11.7. The molecule has 1 atom stereocenters. The SMILES string of the molecule is O=C1CC(CNC(=O)c2ncccc2O)c2ccccc2N1. The van der Waals surface area contributed by atoms with E-state index in [9.17, 15) is 14.7 Å². The van der Waals surface area contributed by atoms with Crippen LogP contribution in [0.3, 0.4) is 0 Å². The number of para-hydroxylation sites is 1. The van der Waals surface area contributed by atoms with Crippen LogP contribution in [0, 0.1) is 0 Å². The highest BCUT2D eigenvalue weighted by Crippen LogP contribution is 2.31. The number of aromatic hydroxyl groups is 1. The highest BCUT2D eigenvalue weighted by Gasteiger charge is 2.25. The van der Waals surface area contributed by atoms with Gasteiger partial charge in [-0.05, 0) is 23.8 Å². The highest BCUT2D eigenvalue weighted by atomic mass is 16.3. The number of carbonyl (C=O) groups excluding carboxylic acids is 2. The molecule has 0 fully saturated rings. The van der Waals surface area contributed by atoms with Crippen molar-refractivity contribution in [2.45, 2.75) is 12.3 Å². The van der Waals surface area contributed by atoms with Crippen molar-refractivity contribution < 1.29 is 14.7 Å². The van der Waals surface area contributed by atoms with E-state index in [0.29, 0.717) is 13.0 Å². The maximum absolute atomic E-state index is 12.1. The van der Waals surface area contributed by atoms with Gasteiger partial charge in [0.1, 0.15) is 5.75 Å². The van der Waals surface area contributed by atoms with E-state index in [-0.39, 0.29) is 23.3 Å². The third-order valence-electron chi connectivity index (χ3n) is 3.62. The van der Waals surface area contributed by atoms with Gasteiger partial charge in [-0.15, -0.1) is 0 Å². The molecule has 1 aromatic carbocycles. The summed E-state index contributed by atoms with van der Waals surface area (Å²) in [7, 11) is 0. The number of fused-ring (bicyclic) bond motifs is 1. The number of rotatable bonds is 3. The maximum Gasteiger partial charge on any atom is 0.273 e.